The van der Waals surface area contributed by atoms with Crippen LogP contribution in [-0.2, 0) is 0 Å². The van der Waals surface area contributed by atoms with Gasteiger partial charge in [-0.3, -0.25) is 15.4 Å². The number of nitrogens with one attached hydrogen (secondary N) is 1. The van der Waals surface area contributed by atoms with Gasteiger partial charge in [0.15, 0.2) is 0 Å². The molecule has 0 aromatic heterocycles. The second kappa shape index (κ2) is 5.87. The van der Waals surface area contributed by atoms with Gasteiger partial charge in [0.2, 0.25) is 0 Å². The molecule has 1 aromatic rings. The van der Waals surface area contributed by atoms with Crippen LogP contribution in [-0.4, -0.2) is 23.6 Å². The Balaban J connectivity index is 1.93. The average molecular weight is 282 g/mol. The van der Waals surface area contributed by atoms with E-state index in [1.54, 1.807) is 0 Å². The number of ether oxygens (including phenoxy) is 1. The Morgan fingerprint density at radius 1 is 1.63 bits per heavy atom. The summed E-state index contributed by atoms with van der Waals surface area (Å²) in [4.78, 5) is 10.0. The summed E-state index contributed by atoms with van der Waals surface area (Å²) in [5, 5.41) is 22.7. The predicted octanol–water partition coefficient (Wildman–Crippen LogP) is 2.27. The van der Waals surface area contributed by atoms with Crippen LogP contribution in [0.3, 0.4) is 0 Å². The molecule has 1 aliphatic carbocycles. The van der Waals surface area contributed by atoms with Gasteiger partial charge in [-0.15, -0.1) is 0 Å². The minimum Gasteiger partial charge on any atom is -0.491 e. The lowest BCUT2D eigenvalue weighted by molar-refractivity contribution is -0.384. The number of nitro groups is 1. The van der Waals surface area contributed by atoms with E-state index in [1.165, 1.54) is 18.2 Å². The summed E-state index contributed by atoms with van der Waals surface area (Å²) in [6.45, 7) is 0.182. The van der Waals surface area contributed by atoms with Gasteiger partial charge in [-0.1, -0.05) is 11.6 Å². The number of hydrogen-bond donors (Lipinski definition) is 1. The molecule has 1 aliphatic rings. The standard InChI is InChI=1S/C12H12ClN3O3/c13-11-5-10(3-4-12(11)16(17)18)19-7-9(6-14)15-8-1-2-8/h3-5,8-9,15H,1-2,7H2. The van der Waals surface area contributed by atoms with Crippen molar-refractivity contribution in [1.82, 2.24) is 5.32 Å². The van der Waals surface area contributed by atoms with Gasteiger partial charge in [-0.25, -0.2) is 0 Å². The minimum atomic E-state index is -0.557. The van der Waals surface area contributed by atoms with Crippen LogP contribution in [0.4, 0.5) is 5.69 Å². The van der Waals surface area contributed by atoms with Crippen LogP contribution in [0.2, 0.25) is 5.02 Å². The van der Waals surface area contributed by atoms with Crippen LogP contribution in [0.1, 0.15) is 12.8 Å². The fourth-order valence-electron chi connectivity index (χ4n) is 1.56. The molecule has 0 radical (unpaired) electrons. The average Bonchev–Trinajstić information content (AvgIpc) is 3.18. The maximum absolute atomic E-state index is 10.6. The summed E-state index contributed by atoms with van der Waals surface area (Å²) >= 11 is 5.77. The normalized spacial score (nSPS) is 15.6. The van der Waals surface area contributed by atoms with Crippen molar-refractivity contribution in [1.29, 1.82) is 5.26 Å². The van der Waals surface area contributed by atoms with Crippen LogP contribution in [0.15, 0.2) is 18.2 Å². The summed E-state index contributed by atoms with van der Waals surface area (Å²) in [7, 11) is 0. The first kappa shape index (κ1) is 13.6. The van der Waals surface area contributed by atoms with Gasteiger partial charge >= 0.3 is 0 Å². The first-order chi connectivity index (χ1) is 9.10. The van der Waals surface area contributed by atoms with Crippen molar-refractivity contribution >= 4 is 17.3 Å². The highest BCUT2D eigenvalue weighted by Gasteiger charge is 2.24. The fraction of sp³-hybridized carbons (Fsp3) is 0.417. The molecule has 0 saturated heterocycles. The highest BCUT2D eigenvalue weighted by Crippen LogP contribution is 2.28. The van der Waals surface area contributed by atoms with Crippen LogP contribution in [0.25, 0.3) is 0 Å². The monoisotopic (exact) mass is 281 g/mol. The van der Waals surface area contributed by atoms with E-state index in [0.717, 1.165) is 12.8 Å². The smallest absolute Gasteiger partial charge is 0.288 e. The summed E-state index contributed by atoms with van der Waals surface area (Å²) in [5.74, 6) is 0.411. The minimum absolute atomic E-state index is 0.0196. The van der Waals surface area contributed by atoms with Crippen LogP contribution < -0.4 is 10.1 Å². The summed E-state index contributed by atoms with van der Waals surface area (Å²) in [5.41, 5.74) is -0.165. The van der Waals surface area contributed by atoms with Crippen LogP contribution in [0, 0.1) is 21.4 Å². The molecule has 0 amide bonds. The molecular weight excluding hydrogens is 270 g/mol. The second-order valence-electron chi connectivity index (χ2n) is 4.30. The van der Waals surface area contributed by atoms with Gasteiger partial charge in [0, 0.05) is 18.2 Å². The van der Waals surface area contributed by atoms with Crippen molar-refractivity contribution < 1.29 is 9.66 Å². The lowest BCUT2D eigenvalue weighted by Gasteiger charge is -2.12. The summed E-state index contributed by atoms with van der Waals surface area (Å²) < 4.78 is 5.41. The first-order valence-electron chi connectivity index (χ1n) is 5.82. The third kappa shape index (κ3) is 3.81. The van der Waals surface area contributed by atoms with Crippen LogP contribution >= 0.6 is 11.6 Å². The van der Waals surface area contributed by atoms with E-state index in [-0.39, 0.29) is 23.4 Å². The first-order valence-corrected chi connectivity index (χ1v) is 6.20. The van der Waals surface area contributed by atoms with Gasteiger partial charge in [-0.2, -0.15) is 5.26 Å². The van der Waals surface area contributed by atoms with Crippen LogP contribution in [0.5, 0.6) is 5.75 Å². The second-order valence-corrected chi connectivity index (χ2v) is 4.71. The van der Waals surface area contributed by atoms with E-state index in [2.05, 4.69) is 11.4 Å². The molecule has 1 unspecified atom stereocenters. The van der Waals surface area contributed by atoms with Crippen molar-refractivity contribution in [2.24, 2.45) is 0 Å². The number of benzene rings is 1. The number of hydrogen-bond acceptors (Lipinski definition) is 5. The van der Waals surface area contributed by atoms with Crippen molar-refractivity contribution in [2.75, 3.05) is 6.61 Å². The highest BCUT2D eigenvalue weighted by atomic mass is 35.5. The summed E-state index contributed by atoms with van der Waals surface area (Å²) in [6.07, 6.45) is 2.17. The Kier molecular flexibility index (Phi) is 4.20. The Hall–Kier alpha value is -1.84. The SMILES string of the molecule is N#CC(COc1ccc([N+](=O)[O-])c(Cl)c1)NC1CC1. The number of nitriles is 1. The third-order valence-corrected chi connectivity index (χ3v) is 3.01. The zero-order chi connectivity index (χ0) is 13.8. The van der Waals surface area contributed by atoms with E-state index >= 15 is 0 Å². The fourth-order valence-corrected chi connectivity index (χ4v) is 1.80. The van der Waals surface area contributed by atoms with Gasteiger partial charge in [0.1, 0.15) is 23.4 Å². The molecule has 100 valence electrons. The number of nitrogens with zero attached hydrogens (tertiary/aromatic N) is 2. The Morgan fingerprint density at radius 3 is 2.89 bits per heavy atom. The molecule has 1 N–H and O–H groups in total. The lowest BCUT2D eigenvalue weighted by atomic mass is 10.3. The number of nitro benzene ring substituents is 1. The van der Waals surface area contributed by atoms with E-state index < -0.39 is 4.92 Å². The lowest BCUT2D eigenvalue weighted by Crippen LogP contribution is -2.34. The van der Waals surface area contributed by atoms with E-state index in [4.69, 9.17) is 21.6 Å². The zero-order valence-electron chi connectivity index (χ0n) is 10.0. The molecule has 7 heteroatoms. The van der Waals surface area contributed by atoms with Crippen molar-refractivity contribution in [2.45, 2.75) is 24.9 Å². The van der Waals surface area contributed by atoms with Crippen molar-refractivity contribution in [3.63, 3.8) is 0 Å². The Morgan fingerprint density at radius 2 is 2.37 bits per heavy atom. The number of rotatable bonds is 6. The molecule has 19 heavy (non-hydrogen) atoms. The van der Waals surface area contributed by atoms with E-state index in [0.29, 0.717) is 11.8 Å². The molecule has 1 fully saturated rings. The molecule has 6 nitrogen and oxygen atoms in total. The van der Waals surface area contributed by atoms with E-state index in [9.17, 15) is 10.1 Å². The molecule has 1 aromatic carbocycles. The quantitative estimate of drug-likeness (QED) is 0.638. The van der Waals surface area contributed by atoms with Gasteiger partial charge in [0.05, 0.1) is 11.0 Å². The number of halogens is 1. The molecule has 0 bridgehead atoms. The topological polar surface area (TPSA) is 88.2 Å². The van der Waals surface area contributed by atoms with E-state index in [1.807, 2.05) is 0 Å². The maximum atomic E-state index is 10.6. The molecule has 1 atom stereocenters. The third-order valence-electron chi connectivity index (χ3n) is 2.70. The maximum Gasteiger partial charge on any atom is 0.288 e. The van der Waals surface area contributed by atoms with Gasteiger partial charge in [0.25, 0.3) is 5.69 Å². The van der Waals surface area contributed by atoms with Gasteiger partial charge in [-0.05, 0) is 18.9 Å². The molecule has 0 spiro atoms. The zero-order valence-corrected chi connectivity index (χ0v) is 10.8. The largest absolute Gasteiger partial charge is 0.491 e. The van der Waals surface area contributed by atoms with Crippen molar-refractivity contribution in [3.8, 4) is 11.8 Å². The van der Waals surface area contributed by atoms with Crippen molar-refractivity contribution in [3.05, 3.63) is 33.3 Å². The molecular formula is C12H12ClN3O3. The highest BCUT2D eigenvalue weighted by molar-refractivity contribution is 6.32. The molecule has 0 heterocycles. The molecule has 1 saturated carbocycles. The Labute approximate surface area is 115 Å². The molecule has 0 aliphatic heterocycles. The molecule has 2 rings (SSSR count). The predicted molar refractivity (Wildman–Crippen MR) is 69.2 cm³/mol. The summed E-state index contributed by atoms with van der Waals surface area (Å²) in [6, 6.07) is 6.27. The van der Waals surface area contributed by atoms with Gasteiger partial charge < -0.3 is 4.74 Å². The Bertz CT molecular complexity index is 525.